The molecule has 8 heteroatoms. The topological polar surface area (TPSA) is 96.4 Å². The molecular weight excluding hydrogens is 312 g/mol. The number of nitrogens with one attached hydrogen (secondary N) is 1. The largest absolute Gasteiger partial charge is 0.478 e. The molecule has 0 radical (unpaired) electrons. The van der Waals surface area contributed by atoms with Gasteiger partial charge in [-0.1, -0.05) is 13.0 Å². The highest BCUT2D eigenvalue weighted by Crippen LogP contribution is 2.23. The molecule has 2 aromatic rings. The van der Waals surface area contributed by atoms with Crippen molar-refractivity contribution in [3.05, 3.63) is 40.4 Å². The lowest BCUT2D eigenvalue weighted by Crippen LogP contribution is -2.16. The van der Waals surface area contributed by atoms with Gasteiger partial charge in [0.05, 0.1) is 16.2 Å². The highest BCUT2D eigenvalue weighted by Gasteiger charge is 2.21. The zero-order valence-corrected chi connectivity index (χ0v) is 13.1. The average molecular weight is 326 g/mol. The SMILES string of the molecule is CCc1ccc(C(=O)O)cc1S(=O)(=O)Nc1nc(C)cs1. The fraction of sp³-hybridized carbons (Fsp3) is 0.231. The minimum atomic E-state index is -3.86. The Labute approximate surface area is 126 Å². The number of hydrogen-bond acceptors (Lipinski definition) is 5. The van der Waals surface area contributed by atoms with Crippen LogP contribution < -0.4 is 4.72 Å². The number of carbonyl (C=O) groups is 1. The molecule has 0 aliphatic heterocycles. The molecule has 0 spiro atoms. The van der Waals surface area contributed by atoms with Gasteiger partial charge < -0.3 is 5.11 Å². The number of aromatic nitrogens is 1. The number of carboxylic acids is 1. The summed E-state index contributed by atoms with van der Waals surface area (Å²) in [6.45, 7) is 3.57. The number of thiazole rings is 1. The van der Waals surface area contributed by atoms with E-state index in [0.717, 1.165) is 0 Å². The second kappa shape index (κ2) is 5.82. The van der Waals surface area contributed by atoms with E-state index in [1.54, 1.807) is 12.3 Å². The Balaban J connectivity index is 2.47. The molecule has 0 aliphatic rings. The maximum atomic E-state index is 12.4. The van der Waals surface area contributed by atoms with Gasteiger partial charge >= 0.3 is 5.97 Å². The van der Waals surface area contributed by atoms with Crippen molar-refractivity contribution in [2.75, 3.05) is 4.72 Å². The van der Waals surface area contributed by atoms with Crippen LogP contribution in [0.5, 0.6) is 0 Å². The summed E-state index contributed by atoms with van der Waals surface area (Å²) < 4.78 is 27.2. The Kier molecular flexibility index (Phi) is 4.29. The van der Waals surface area contributed by atoms with Crippen LogP contribution in [-0.4, -0.2) is 24.5 Å². The van der Waals surface area contributed by atoms with E-state index in [4.69, 9.17) is 5.11 Å². The van der Waals surface area contributed by atoms with Crippen LogP contribution in [0.1, 0.15) is 28.5 Å². The molecular formula is C13H14N2O4S2. The number of sulfonamides is 1. The monoisotopic (exact) mass is 326 g/mol. The van der Waals surface area contributed by atoms with E-state index in [1.807, 2.05) is 6.92 Å². The van der Waals surface area contributed by atoms with Gasteiger partial charge in [0.15, 0.2) is 5.13 Å². The van der Waals surface area contributed by atoms with Gasteiger partial charge in [-0.2, -0.15) is 0 Å². The third kappa shape index (κ3) is 3.40. The minimum Gasteiger partial charge on any atom is -0.478 e. The molecule has 0 fully saturated rings. The van der Waals surface area contributed by atoms with Crippen molar-refractivity contribution in [1.29, 1.82) is 0 Å². The molecule has 0 bridgehead atoms. The van der Waals surface area contributed by atoms with Gasteiger partial charge in [-0.25, -0.2) is 18.2 Å². The van der Waals surface area contributed by atoms with Gasteiger partial charge in [0.2, 0.25) is 0 Å². The zero-order chi connectivity index (χ0) is 15.6. The normalized spacial score (nSPS) is 11.3. The first-order valence-electron chi connectivity index (χ1n) is 6.14. The fourth-order valence-electron chi connectivity index (χ4n) is 1.80. The first kappa shape index (κ1) is 15.5. The number of rotatable bonds is 5. The van der Waals surface area contributed by atoms with Crippen molar-refractivity contribution in [2.24, 2.45) is 0 Å². The van der Waals surface area contributed by atoms with Crippen LogP contribution in [0.3, 0.4) is 0 Å². The van der Waals surface area contributed by atoms with E-state index in [0.29, 0.717) is 17.7 Å². The zero-order valence-electron chi connectivity index (χ0n) is 11.5. The number of carboxylic acid groups (broad SMARTS) is 1. The van der Waals surface area contributed by atoms with E-state index >= 15 is 0 Å². The minimum absolute atomic E-state index is 0.0299. The Hall–Kier alpha value is -1.93. The molecule has 0 saturated heterocycles. The Morgan fingerprint density at radius 1 is 1.43 bits per heavy atom. The summed E-state index contributed by atoms with van der Waals surface area (Å²) in [5.74, 6) is -1.17. The summed E-state index contributed by atoms with van der Waals surface area (Å²) in [5, 5.41) is 11.0. The number of anilines is 1. The lowest BCUT2D eigenvalue weighted by atomic mass is 10.1. The van der Waals surface area contributed by atoms with E-state index in [2.05, 4.69) is 9.71 Å². The maximum absolute atomic E-state index is 12.4. The Morgan fingerprint density at radius 3 is 2.67 bits per heavy atom. The second-order valence-corrected chi connectivity index (χ2v) is 6.89. The van der Waals surface area contributed by atoms with Gasteiger partial charge in [-0.15, -0.1) is 11.3 Å². The van der Waals surface area contributed by atoms with Crippen molar-refractivity contribution in [1.82, 2.24) is 4.98 Å². The highest BCUT2D eigenvalue weighted by molar-refractivity contribution is 7.93. The maximum Gasteiger partial charge on any atom is 0.335 e. The molecule has 112 valence electrons. The molecule has 0 aliphatic carbocycles. The lowest BCUT2D eigenvalue weighted by Gasteiger charge is -2.10. The van der Waals surface area contributed by atoms with E-state index in [1.165, 1.54) is 29.5 Å². The molecule has 1 aromatic heterocycles. The number of aromatic carboxylic acids is 1. The van der Waals surface area contributed by atoms with Gasteiger partial charge in [-0.3, -0.25) is 4.72 Å². The summed E-state index contributed by atoms with van der Waals surface area (Å²) in [6.07, 6.45) is 0.479. The number of nitrogens with zero attached hydrogens (tertiary/aromatic N) is 1. The van der Waals surface area contributed by atoms with Crippen molar-refractivity contribution in [3.8, 4) is 0 Å². The first-order valence-corrected chi connectivity index (χ1v) is 8.51. The Morgan fingerprint density at radius 2 is 2.14 bits per heavy atom. The average Bonchev–Trinajstić information content (AvgIpc) is 2.82. The first-order chi connectivity index (χ1) is 9.83. The van der Waals surface area contributed by atoms with Gasteiger partial charge in [0.1, 0.15) is 0 Å². The third-order valence-corrected chi connectivity index (χ3v) is 5.25. The van der Waals surface area contributed by atoms with E-state index in [9.17, 15) is 13.2 Å². The van der Waals surface area contributed by atoms with Crippen LogP contribution in [-0.2, 0) is 16.4 Å². The van der Waals surface area contributed by atoms with E-state index < -0.39 is 16.0 Å². The predicted octanol–water partition coefficient (Wildman–Crippen LogP) is 2.51. The van der Waals surface area contributed by atoms with Crippen LogP contribution in [0, 0.1) is 6.92 Å². The quantitative estimate of drug-likeness (QED) is 0.880. The second-order valence-electron chi connectivity index (χ2n) is 4.38. The molecule has 6 nitrogen and oxygen atoms in total. The van der Waals surface area contributed by atoms with Gasteiger partial charge in [0.25, 0.3) is 10.0 Å². The Bertz CT molecular complexity index is 781. The number of aryl methyl sites for hydroxylation is 2. The standard InChI is InChI=1S/C13H14N2O4S2/c1-3-9-4-5-10(12(16)17)6-11(9)21(18,19)15-13-14-8(2)7-20-13/h4-7H,3H2,1-2H3,(H,14,15)(H,16,17). The molecule has 21 heavy (non-hydrogen) atoms. The molecule has 0 unspecified atom stereocenters. The van der Waals surface area contributed by atoms with Gasteiger partial charge in [0, 0.05) is 5.38 Å². The van der Waals surface area contributed by atoms with Crippen molar-refractivity contribution in [3.63, 3.8) is 0 Å². The summed E-state index contributed by atoms with van der Waals surface area (Å²) in [7, 11) is -3.86. The highest BCUT2D eigenvalue weighted by atomic mass is 32.2. The number of hydrogen-bond donors (Lipinski definition) is 2. The summed E-state index contributed by atoms with van der Waals surface area (Å²) in [6, 6.07) is 4.09. The van der Waals surface area contributed by atoms with Crippen molar-refractivity contribution >= 4 is 32.5 Å². The molecule has 0 amide bonds. The molecule has 0 atom stereocenters. The molecule has 2 rings (SSSR count). The smallest absolute Gasteiger partial charge is 0.335 e. The molecule has 0 saturated carbocycles. The van der Waals surface area contributed by atoms with Crippen LogP contribution in [0.25, 0.3) is 0 Å². The molecule has 1 heterocycles. The summed E-state index contributed by atoms with van der Waals surface area (Å²) in [5.41, 5.74) is 1.20. The van der Waals surface area contributed by atoms with Crippen molar-refractivity contribution in [2.45, 2.75) is 25.2 Å². The van der Waals surface area contributed by atoms with Gasteiger partial charge in [-0.05, 0) is 31.0 Å². The summed E-state index contributed by atoms with van der Waals surface area (Å²) >= 11 is 1.18. The lowest BCUT2D eigenvalue weighted by molar-refractivity contribution is 0.0696. The summed E-state index contributed by atoms with van der Waals surface area (Å²) in [4.78, 5) is 15.0. The fourth-order valence-corrected chi connectivity index (χ4v) is 4.08. The van der Waals surface area contributed by atoms with Crippen LogP contribution in [0.4, 0.5) is 5.13 Å². The van der Waals surface area contributed by atoms with Crippen LogP contribution in [0.15, 0.2) is 28.5 Å². The third-order valence-electron chi connectivity index (χ3n) is 2.83. The van der Waals surface area contributed by atoms with Crippen molar-refractivity contribution < 1.29 is 18.3 Å². The predicted molar refractivity (Wildman–Crippen MR) is 80.4 cm³/mol. The van der Waals surface area contributed by atoms with Crippen LogP contribution in [0.2, 0.25) is 0 Å². The molecule has 2 N–H and O–H groups in total. The number of benzene rings is 1. The van der Waals surface area contributed by atoms with Crippen LogP contribution >= 0.6 is 11.3 Å². The van der Waals surface area contributed by atoms with E-state index in [-0.39, 0.29) is 15.6 Å². The molecule has 1 aromatic carbocycles.